The summed E-state index contributed by atoms with van der Waals surface area (Å²) in [7, 11) is -0.767. The van der Waals surface area contributed by atoms with Gasteiger partial charge in [-0.1, -0.05) is 39.3 Å². The first-order valence-electron chi connectivity index (χ1n) is 5.97. The highest BCUT2D eigenvalue weighted by Crippen LogP contribution is 2.22. The number of nitrogens with zero attached hydrogens (tertiary/aromatic N) is 2. The minimum absolute atomic E-state index is 0.145. The van der Waals surface area contributed by atoms with Crippen molar-refractivity contribution in [2.75, 3.05) is 23.4 Å². The smallest absolute Gasteiger partial charge is 0.137 e. The zero-order chi connectivity index (χ0) is 13.8. The molecule has 0 aliphatic heterocycles. The largest absolute Gasteiger partial charge is 0.369 e. The second-order valence-corrected chi connectivity index (χ2v) is 7.26. The second kappa shape index (κ2) is 6.48. The maximum Gasteiger partial charge on any atom is 0.137 e. The van der Waals surface area contributed by atoms with Crippen molar-refractivity contribution in [3.63, 3.8) is 0 Å². The van der Waals surface area contributed by atoms with Crippen LogP contribution < -0.4 is 5.32 Å². The Morgan fingerprint density at radius 2 is 2.06 bits per heavy atom. The molecule has 1 N–H and O–H groups in total. The molecule has 1 aromatic rings. The van der Waals surface area contributed by atoms with Gasteiger partial charge in [0.25, 0.3) is 0 Å². The Hall–Kier alpha value is -0.680. The molecule has 6 heteroatoms. The molecular formula is C12H20ClN3OS. The van der Waals surface area contributed by atoms with Gasteiger partial charge in [-0.25, -0.2) is 9.97 Å². The van der Waals surface area contributed by atoms with E-state index in [2.05, 4.69) is 15.3 Å². The number of aromatic nitrogens is 2. The quantitative estimate of drug-likeness (QED) is 0.847. The van der Waals surface area contributed by atoms with Gasteiger partial charge in [0, 0.05) is 40.3 Å². The van der Waals surface area contributed by atoms with Crippen molar-refractivity contribution in [3.05, 3.63) is 17.0 Å². The maximum absolute atomic E-state index is 11.3. The van der Waals surface area contributed by atoms with Gasteiger partial charge in [-0.05, 0) is 0 Å². The Labute approximate surface area is 116 Å². The Bertz CT molecular complexity index is 432. The molecule has 1 unspecified atom stereocenters. The monoisotopic (exact) mass is 289 g/mol. The molecule has 0 spiro atoms. The van der Waals surface area contributed by atoms with Crippen LogP contribution in [0, 0.1) is 0 Å². The Kier molecular flexibility index (Phi) is 5.53. The van der Waals surface area contributed by atoms with E-state index in [1.165, 1.54) is 0 Å². The summed E-state index contributed by atoms with van der Waals surface area (Å²) in [5, 5.41) is 3.56. The third-order valence-corrected chi connectivity index (χ3v) is 3.82. The second-order valence-electron chi connectivity index (χ2n) is 5.01. The van der Waals surface area contributed by atoms with Gasteiger partial charge in [-0.3, -0.25) is 4.21 Å². The van der Waals surface area contributed by atoms with Gasteiger partial charge >= 0.3 is 0 Å². The first-order chi connectivity index (χ1) is 8.32. The minimum Gasteiger partial charge on any atom is -0.369 e. The summed E-state index contributed by atoms with van der Waals surface area (Å²) in [6.45, 7) is 8.64. The third kappa shape index (κ3) is 4.90. The molecule has 0 saturated heterocycles. The fraction of sp³-hybridized carbons (Fsp3) is 0.667. The highest BCUT2D eigenvalue weighted by Gasteiger charge is 2.18. The fourth-order valence-corrected chi connectivity index (χ4v) is 2.08. The van der Waals surface area contributed by atoms with Crippen LogP contribution in [0.15, 0.2) is 6.07 Å². The van der Waals surface area contributed by atoms with Crippen molar-refractivity contribution >= 4 is 28.2 Å². The summed E-state index contributed by atoms with van der Waals surface area (Å²) < 4.78 is 11.3. The van der Waals surface area contributed by atoms with E-state index in [-0.39, 0.29) is 5.41 Å². The van der Waals surface area contributed by atoms with E-state index < -0.39 is 10.8 Å². The summed E-state index contributed by atoms with van der Waals surface area (Å²) in [5.41, 5.74) is -0.145. The lowest BCUT2D eigenvalue weighted by Gasteiger charge is -2.17. The molecule has 18 heavy (non-hydrogen) atoms. The number of rotatable bonds is 5. The lowest BCUT2D eigenvalue weighted by Crippen LogP contribution is -2.18. The molecule has 0 radical (unpaired) electrons. The maximum atomic E-state index is 11.3. The zero-order valence-electron chi connectivity index (χ0n) is 11.3. The third-order valence-electron chi connectivity index (χ3n) is 2.32. The van der Waals surface area contributed by atoms with Crippen molar-refractivity contribution < 1.29 is 4.21 Å². The van der Waals surface area contributed by atoms with Gasteiger partial charge in [-0.2, -0.15) is 0 Å². The van der Waals surface area contributed by atoms with Crippen molar-refractivity contribution in [1.82, 2.24) is 9.97 Å². The van der Waals surface area contributed by atoms with Gasteiger partial charge in [0.15, 0.2) is 0 Å². The van der Waals surface area contributed by atoms with Crippen LogP contribution in [0.3, 0.4) is 0 Å². The Balaban J connectivity index is 2.72. The van der Waals surface area contributed by atoms with Crippen LogP contribution in [0.1, 0.15) is 33.5 Å². The summed E-state index contributed by atoms with van der Waals surface area (Å²) in [4.78, 5) is 8.64. The lowest BCUT2D eigenvalue weighted by atomic mass is 9.96. The molecule has 0 aromatic carbocycles. The number of anilines is 1. The van der Waals surface area contributed by atoms with Gasteiger partial charge in [0.05, 0.1) is 0 Å². The molecular weight excluding hydrogens is 270 g/mol. The normalized spacial score (nSPS) is 13.4. The van der Waals surface area contributed by atoms with Crippen LogP contribution in [0.2, 0.25) is 5.15 Å². The number of nitrogens with one attached hydrogen (secondary N) is 1. The van der Waals surface area contributed by atoms with Crippen LogP contribution in [0.4, 0.5) is 5.82 Å². The summed E-state index contributed by atoms with van der Waals surface area (Å²) in [6, 6.07) is 1.69. The Morgan fingerprint density at radius 1 is 1.39 bits per heavy atom. The van der Waals surface area contributed by atoms with Crippen molar-refractivity contribution in [2.45, 2.75) is 33.1 Å². The summed E-state index contributed by atoms with van der Waals surface area (Å²) in [5.74, 6) is 2.68. The molecule has 0 saturated carbocycles. The molecule has 0 amide bonds. The van der Waals surface area contributed by atoms with E-state index >= 15 is 0 Å². The molecule has 1 atom stereocenters. The molecule has 1 rings (SSSR count). The van der Waals surface area contributed by atoms with E-state index in [1.54, 1.807) is 6.07 Å². The Morgan fingerprint density at radius 3 is 2.61 bits per heavy atom. The van der Waals surface area contributed by atoms with Crippen molar-refractivity contribution in [3.8, 4) is 0 Å². The van der Waals surface area contributed by atoms with Gasteiger partial charge in [0.1, 0.15) is 16.8 Å². The van der Waals surface area contributed by atoms with E-state index in [0.717, 1.165) is 0 Å². The average molecular weight is 290 g/mol. The molecule has 0 aliphatic rings. The standard InChI is InChI=1S/C12H20ClN3OS/c1-5-18(17)7-6-14-10-8-9(13)15-11(16-10)12(2,3)4/h8H,5-7H2,1-4H3,(H,14,15,16). The lowest BCUT2D eigenvalue weighted by molar-refractivity contribution is 0.546. The molecule has 4 nitrogen and oxygen atoms in total. The number of hydrogen-bond acceptors (Lipinski definition) is 4. The first-order valence-corrected chi connectivity index (χ1v) is 7.83. The van der Waals surface area contributed by atoms with E-state index in [1.807, 2.05) is 27.7 Å². The van der Waals surface area contributed by atoms with Crippen LogP contribution >= 0.6 is 11.6 Å². The molecule has 0 fully saturated rings. The molecule has 0 bridgehead atoms. The van der Waals surface area contributed by atoms with Crippen molar-refractivity contribution in [2.24, 2.45) is 0 Å². The predicted molar refractivity (Wildman–Crippen MR) is 77.8 cm³/mol. The van der Waals surface area contributed by atoms with E-state index in [4.69, 9.17) is 11.6 Å². The fourth-order valence-electron chi connectivity index (χ4n) is 1.28. The van der Waals surface area contributed by atoms with Gasteiger partial charge in [-0.15, -0.1) is 0 Å². The topological polar surface area (TPSA) is 54.9 Å². The van der Waals surface area contributed by atoms with Crippen LogP contribution in [0.5, 0.6) is 0 Å². The van der Waals surface area contributed by atoms with Crippen LogP contribution in [-0.2, 0) is 16.2 Å². The van der Waals surface area contributed by atoms with Gasteiger partial charge in [0.2, 0.25) is 0 Å². The average Bonchev–Trinajstić information content (AvgIpc) is 2.27. The molecule has 102 valence electrons. The van der Waals surface area contributed by atoms with E-state index in [9.17, 15) is 4.21 Å². The minimum atomic E-state index is -0.767. The molecule has 0 aliphatic carbocycles. The van der Waals surface area contributed by atoms with Gasteiger partial charge < -0.3 is 5.32 Å². The predicted octanol–water partition coefficient (Wildman–Crippen LogP) is 2.61. The highest BCUT2D eigenvalue weighted by molar-refractivity contribution is 7.84. The zero-order valence-corrected chi connectivity index (χ0v) is 12.9. The summed E-state index contributed by atoms with van der Waals surface area (Å²) in [6.07, 6.45) is 0. The van der Waals surface area contributed by atoms with E-state index in [0.29, 0.717) is 34.8 Å². The first kappa shape index (κ1) is 15.4. The van der Waals surface area contributed by atoms with Crippen LogP contribution in [0.25, 0.3) is 0 Å². The SMILES string of the molecule is CCS(=O)CCNc1cc(Cl)nc(C(C)(C)C)n1. The van der Waals surface area contributed by atoms with Crippen LogP contribution in [-0.4, -0.2) is 32.2 Å². The molecule has 1 heterocycles. The number of hydrogen-bond donors (Lipinski definition) is 1. The van der Waals surface area contributed by atoms with Crippen molar-refractivity contribution in [1.29, 1.82) is 0 Å². The molecule has 1 aromatic heterocycles. The highest BCUT2D eigenvalue weighted by atomic mass is 35.5. The summed E-state index contributed by atoms with van der Waals surface area (Å²) >= 11 is 5.97. The number of halogens is 1.